The monoisotopic (exact) mass is 313 g/mol. The number of carbonyl (C=O) groups is 2. The number of aromatic amines is 1. The first-order valence-electron chi connectivity index (χ1n) is 7.90. The third-order valence-corrected chi connectivity index (χ3v) is 4.71. The Kier molecular flexibility index (Phi) is 3.25. The summed E-state index contributed by atoms with van der Waals surface area (Å²) in [6.07, 6.45) is 4.38. The van der Waals surface area contributed by atoms with E-state index in [4.69, 9.17) is 4.74 Å². The van der Waals surface area contributed by atoms with E-state index in [1.54, 1.807) is 7.11 Å². The van der Waals surface area contributed by atoms with Gasteiger partial charge in [-0.2, -0.15) is 0 Å². The first-order chi connectivity index (χ1) is 11.2. The number of ether oxygens (including phenoxy) is 1. The van der Waals surface area contributed by atoms with Gasteiger partial charge in [-0.15, -0.1) is 0 Å². The van der Waals surface area contributed by atoms with Crippen LogP contribution in [0.1, 0.15) is 18.4 Å². The van der Waals surface area contributed by atoms with E-state index in [9.17, 15) is 9.59 Å². The van der Waals surface area contributed by atoms with Crippen LogP contribution in [0.15, 0.2) is 24.4 Å². The van der Waals surface area contributed by atoms with Gasteiger partial charge in [0, 0.05) is 23.5 Å². The predicted molar refractivity (Wildman–Crippen MR) is 85.1 cm³/mol. The number of amides is 2. The van der Waals surface area contributed by atoms with Crippen molar-refractivity contribution in [2.75, 3.05) is 7.11 Å². The van der Waals surface area contributed by atoms with Gasteiger partial charge < -0.3 is 20.4 Å². The fourth-order valence-corrected chi connectivity index (χ4v) is 3.22. The highest BCUT2D eigenvalue weighted by molar-refractivity contribution is 5.98. The zero-order chi connectivity index (χ0) is 16.0. The van der Waals surface area contributed by atoms with E-state index >= 15 is 0 Å². The molecule has 0 radical (unpaired) electrons. The third-order valence-electron chi connectivity index (χ3n) is 4.71. The standard InChI is InChI=1S/C17H19N3O3/c1-23-11-4-5-13-12(7-11)10(8-18-13)6-14-16(21)20-15(9-2-3-9)17(22)19-14/h4-5,7-9,14-15,18H,2-3,6H2,1H3,(H,19,22)(H,20,21). The van der Waals surface area contributed by atoms with E-state index < -0.39 is 6.04 Å². The molecule has 1 aromatic heterocycles. The van der Waals surface area contributed by atoms with E-state index in [0.717, 1.165) is 35.1 Å². The second-order valence-electron chi connectivity index (χ2n) is 6.31. The van der Waals surface area contributed by atoms with Crippen molar-refractivity contribution in [2.45, 2.75) is 31.3 Å². The second kappa shape index (κ2) is 5.30. The van der Waals surface area contributed by atoms with Gasteiger partial charge in [0.25, 0.3) is 0 Å². The molecule has 3 N–H and O–H groups in total. The maximum absolute atomic E-state index is 12.3. The highest BCUT2D eigenvalue weighted by atomic mass is 16.5. The summed E-state index contributed by atoms with van der Waals surface area (Å²) in [6, 6.07) is 4.90. The number of carbonyl (C=O) groups excluding carboxylic acids is 2. The molecule has 2 fully saturated rings. The van der Waals surface area contributed by atoms with Crippen LogP contribution in [0.2, 0.25) is 0 Å². The number of nitrogens with one attached hydrogen (secondary N) is 3. The Labute approximate surface area is 133 Å². The van der Waals surface area contributed by atoms with Gasteiger partial charge >= 0.3 is 0 Å². The first-order valence-corrected chi connectivity index (χ1v) is 7.90. The number of aromatic nitrogens is 1. The quantitative estimate of drug-likeness (QED) is 0.791. The largest absolute Gasteiger partial charge is 0.497 e. The molecule has 23 heavy (non-hydrogen) atoms. The summed E-state index contributed by atoms with van der Waals surface area (Å²) >= 11 is 0. The minimum Gasteiger partial charge on any atom is -0.497 e. The summed E-state index contributed by atoms with van der Waals surface area (Å²) in [5, 5.41) is 6.76. The molecule has 2 heterocycles. The molecule has 0 spiro atoms. The Balaban J connectivity index is 1.55. The maximum Gasteiger partial charge on any atom is 0.243 e. The first kappa shape index (κ1) is 14.1. The molecule has 4 rings (SSSR count). The zero-order valence-electron chi connectivity index (χ0n) is 12.9. The van der Waals surface area contributed by atoms with Crippen molar-refractivity contribution < 1.29 is 14.3 Å². The van der Waals surface area contributed by atoms with Gasteiger partial charge in [0.15, 0.2) is 0 Å². The molecule has 6 nitrogen and oxygen atoms in total. The number of H-pyrrole nitrogens is 1. The van der Waals surface area contributed by atoms with Crippen LogP contribution >= 0.6 is 0 Å². The topological polar surface area (TPSA) is 83.2 Å². The van der Waals surface area contributed by atoms with Gasteiger partial charge in [-0.25, -0.2) is 0 Å². The number of piperazine rings is 1. The van der Waals surface area contributed by atoms with Crippen molar-refractivity contribution in [3.05, 3.63) is 30.0 Å². The molecule has 1 saturated carbocycles. The fraction of sp³-hybridized carbons (Fsp3) is 0.412. The lowest BCUT2D eigenvalue weighted by molar-refractivity contribution is -0.137. The lowest BCUT2D eigenvalue weighted by Crippen LogP contribution is -2.62. The minimum absolute atomic E-state index is 0.0606. The third kappa shape index (κ3) is 2.54. The van der Waals surface area contributed by atoms with Crippen LogP contribution in [0.25, 0.3) is 10.9 Å². The highest BCUT2D eigenvalue weighted by Crippen LogP contribution is 2.33. The molecule has 0 bridgehead atoms. The number of hydrogen-bond donors (Lipinski definition) is 3. The van der Waals surface area contributed by atoms with E-state index in [1.165, 1.54) is 0 Å². The van der Waals surface area contributed by atoms with Gasteiger partial charge in [-0.1, -0.05) is 0 Å². The van der Waals surface area contributed by atoms with Crippen LogP contribution in [0.4, 0.5) is 0 Å². The normalized spacial score (nSPS) is 24.4. The smallest absolute Gasteiger partial charge is 0.243 e. The Bertz CT molecular complexity index is 778. The molecule has 1 aliphatic carbocycles. The van der Waals surface area contributed by atoms with Gasteiger partial charge in [-0.05, 0) is 42.5 Å². The number of benzene rings is 1. The van der Waals surface area contributed by atoms with Gasteiger partial charge in [-0.3, -0.25) is 9.59 Å². The van der Waals surface area contributed by atoms with E-state index in [2.05, 4.69) is 15.6 Å². The van der Waals surface area contributed by atoms with Crippen LogP contribution in [0.3, 0.4) is 0 Å². The maximum atomic E-state index is 12.3. The van der Waals surface area contributed by atoms with Crippen molar-refractivity contribution in [3.63, 3.8) is 0 Å². The van der Waals surface area contributed by atoms with Gasteiger partial charge in [0.05, 0.1) is 7.11 Å². The van der Waals surface area contributed by atoms with E-state index in [-0.39, 0.29) is 17.9 Å². The Hall–Kier alpha value is -2.50. The van der Waals surface area contributed by atoms with Crippen molar-refractivity contribution in [1.82, 2.24) is 15.6 Å². The summed E-state index contributed by atoms with van der Waals surface area (Å²) in [6.45, 7) is 0. The Morgan fingerprint density at radius 2 is 2.00 bits per heavy atom. The van der Waals surface area contributed by atoms with Crippen molar-refractivity contribution >= 4 is 22.7 Å². The van der Waals surface area contributed by atoms with Crippen molar-refractivity contribution in [3.8, 4) is 5.75 Å². The SMILES string of the molecule is COc1ccc2[nH]cc(CC3NC(=O)C(C4CC4)NC3=O)c2c1. The van der Waals surface area contributed by atoms with Gasteiger partial charge in [0.1, 0.15) is 17.8 Å². The lowest BCUT2D eigenvalue weighted by Gasteiger charge is -2.29. The summed E-state index contributed by atoms with van der Waals surface area (Å²) in [5.74, 6) is 0.926. The summed E-state index contributed by atoms with van der Waals surface area (Å²) < 4.78 is 5.26. The summed E-state index contributed by atoms with van der Waals surface area (Å²) in [5.41, 5.74) is 1.98. The average Bonchev–Trinajstić information content (AvgIpc) is 3.32. The molecule has 6 heteroatoms. The number of fused-ring (bicyclic) bond motifs is 1. The Morgan fingerprint density at radius 1 is 1.17 bits per heavy atom. The lowest BCUT2D eigenvalue weighted by atomic mass is 10.00. The molecule has 2 aromatic rings. The molecule has 2 amide bonds. The fourth-order valence-electron chi connectivity index (χ4n) is 3.22. The summed E-state index contributed by atoms with van der Waals surface area (Å²) in [7, 11) is 1.63. The van der Waals surface area contributed by atoms with Crippen LogP contribution < -0.4 is 15.4 Å². The number of methoxy groups -OCH3 is 1. The van der Waals surface area contributed by atoms with E-state index in [1.807, 2.05) is 24.4 Å². The van der Waals surface area contributed by atoms with E-state index in [0.29, 0.717) is 12.3 Å². The van der Waals surface area contributed by atoms with Crippen LogP contribution in [-0.2, 0) is 16.0 Å². The molecular weight excluding hydrogens is 294 g/mol. The minimum atomic E-state index is -0.525. The van der Waals surface area contributed by atoms with Crippen LogP contribution in [0.5, 0.6) is 5.75 Å². The molecule has 120 valence electrons. The molecular formula is C17H19N3O3. The van der Waals surface area contributed by atoms with Crippen molar-refractivity contribution in [2.24, 2.45) is 5.92 Å². The van der Waals surface area contributed by atoms with Crippen LogP contribution in [-0.4, -0.2) is 36.0 Å². The molecule has 1 aromatic carbocycles. The van der Waals surface area contributed by atoms with Crippen LogP contribution in [0, 0.1) is 5.92 Å². The number of rotatable bonds is 4. The second-order valence-corrected chi connectivity index (χ2v) is 6.31. The van der Waals surface area contributed by atoms with Crippen molar-refractivity contribution in [1.29, 1.82) is 0 Å². The molecule has 2 unspecified atom stereocenters. The predicted octanol–water partition coefficient (Wildman–Crippen LogP) is 1.11. The van der Waals surface area contributed by atoms with Gasteiger partial charge in [0.2, 0.25) is 11.8 Å². The average molecular weight is 313 g/mol. The Morgan fingerprint density at radius 3 is 2.74 bits per heavy atom. The molecule has 1 aliphatic heterocycles. The molecule has 2 aliphatic rings. The molecule has 1 saturated heterocycles. The molecule has 2 atom stereocenters. The highest BCUT2D eigenvalue weighted by Gasteiger charge is 2.42. The number of hydrogen-bond acceptors (Lipinski definition) is 3. The summed E-state index contributed by atoms with van der Waals surface area (Å²) in [4.78, 5) is 27.7. The zero-order valence-corrected chi connectivity index (χ0v) is 12.9.